The van der Waals surface area contributed by atoms with E-state index < -0.39 is 0 Å². The fourth-order valence-corrected chi connectivity index (χ4v) is 2.56. The predicted octanol–water partition coefficient (Wildman–Crippen LogP) is 3.30. The summed E-state index contributed by atoms with van der Waals surface area (Å²) >= 11 is 1.58. The lowest BCUT2D eigenvalue weighted by atomic mass is 10.2. The molecule has 0 unspecified atom stereocenters. The minimum Gasteiger partial charge on any atom is -0.350 e. The maximum atomic E-state index is 13.5. The van der Waals surface area contributed by atoms with E-state index in [2.05, 4.69) is 10.3 Å². The molecule has 0 radical (unpaired) electrons. The number of aromatic amines is 1. The Morgan fingerprint density at radius 3 is 2.95 bits per heavy atom. The van der Waals surface area contributed by atoms with Crippen LogP contribution in [0, 0.1) is 5.82 Å². The first kappa shape index (κ1) is 11.9. The van der Waals surface area contributed by atoms with Gasteiger partial charge < -0.3 is 10.3 Å². The van der Waals surface area contributed by atoms with Gasteiger partial charge in [0.15, 0.2) is 0 Å². The third-order valence-corrected chi connectivity index (χ3v) is 3.74. The highest BCUT2D eigenvalue weighted by atomic mass is 32.1. The number of fused-ring (bicyclic) bond motifs is 1. The molecule has 0 atom stereocenters. The molecule has 0 aliphatic carbocycles. The number of carbonyl (C=O) groups excluding carboxylic acids is 1. The van der Waals surface area contributed by atoms with Crippen molar-refractivity contribution in [2.75, 3.05) is 0 Å². The molecule has 96 valence electrons. The molecule has 0 saturated heterocycles. The average Bonchev–Trinajstić information content (AvgIpc) is 3.05. The normalized spacial score (nSPS) is 10.8. The molecule has 3 rings (SSSR count). The fourth-order valence-electron chi connectivity index (χ4n) is 1.92. The molecule has 19 heavy (non-hydrogen) atoms. The van der Waals surface area contributed by atoms with Gasteiger partial charge >= 0.3 is 0 Å². The summed E-state index contributed by atoms with van der Waals surface area (Å²) in [6, 6.07) is 10.2. The number of aromatic nitrogens is 1. The van der Waals surface area contributed by atoms with Gasteiger partial charge in [-0.25, -0.2) is 4.39 Å². The molecule has 2 N–H and O–H groups in total. The molecule has 2 heterocycles. The number of H-pyrrole nitrogens is 1. The molecule has 5 heteroatoms. The largest absolute Gasteiger partial charge is 0.350 e. The molecule has 1 amide bonds. The Kier molecular flexibility index (Phi) is 3.05. The van der Waals surface area contributed by atoms with E-state index in [-0.39, 0.29) is 11.7 Å². The van der Waals surface area contributed by atoms with Gasteiger partial charge in [0.1, 0.15) is 11.5 Å². The number of hydrogen-bond donors (Lipinski definition) is 2. The van der Waals surface area contributed by atoms with E-state index in [1.807, 2.05) is 17.5 Å². The minimum atomic E-state index is -0.328. The van der Waals surface area contributed by atoms with Gasteiger partial charge in [0.05, 0.1) is 6.54 Å². The number of halogens is 1. The smallest absolute Gasteiger partial charge is 0.268 e. The highest BCUT2D eigenvalue weighted by Crippen LogP contribution is 2.18. The zero-order valence-corrected chi connectivity index (χ0v) is 10.8. The Morgan fingerprint density at radius 2 is 2.21 bits per heavy atom. The van der Waals surface area contributed by atoms with Crippen LogP contribution < -0.4 is 5.32 Å². The number of nitrogens with one attached hydrogen (secondary N) is 2. The maximum Gasteiger partial charge on any atom is 0.268 e. The lowest BCUT2D eigenvalue weighted by molar-refractivity contribution is 0.0947. The van der Waals surface area contributed by atoms with Crippen LogP contribution in [-0.2, 0) is 6.54 Å². The second kappa shape index (κ2) is 4.85. The Bertz CT molecular complexity index is 718. The summed E-state index contributed by atoms with van der Waals surface area (Å²) in [6.45, 7) is 0.481. The van der Waals surface area contributed by atoms with Gasteiger partial charge in [0.2, 0.25) is 0 Å². The van der Waals surface area contributed by atoms with Crippen molar-refractivity contribution in [3.8, 4) is 0 Å². The summed E-state index contributed by atoms with van der Waals surface area (Å²) in [5.41, 5.74) is 0.998. The molecule has 2 aromatic heterocycles. The number of carbonyl (C=O) groups is 1. The van der Waals surface area contributed by atoms with Crippen LogP contribution in [0.15, 0.2) is 41.8 Å². The van der Waals surface area contributed by atoms with Crippen LogP contribution in [0.3, 0.4) is 0 Å². The van der Waals surface area contributed by atoms with Crippen LogP contribution in [0.2, 0.25) is 0 Å². The van der Waals surface area contributed by atoms with E-state index in [0.717, 1.165) is 4.88 Å². The second-order valence-electron chi connectivity index (χ2n) is 4.15. The Hall–Kier alpha value is -2.14. The molecule has 0 aliphatic heterocycles. The topological polar surface area (TPSA) is 44.9 Å². The zero-order chi connectivity index (χ0) is 13.2. The van der Waals surface area contributed by atoms with Gasteiger partial charge in [-0.3, -0.25) is 4.79 Å². The summed E-state index contributed by atoms with van der Waals surface area (Å²) in [5, 5.41) is 5.19. The lowest BCUT2D eigenvalue weighted by Gasteiger charge is -2.00. The minimum absolute atomic E-state index is 0.232. The van der Waals surface area contributed by atoms with Crippen LogP contribution in [0.5, 0.6) is 0 Å². The van der Waals surface area contributed by atoms with Crippen LogP contribution in [-0.4, -0.2) is 10.9 Å². The van der Waals surface area contributed by atoms with Crippen molar-refractivity contribution in [2.45, 2.75) is 6.54 Å². The number of benzene rings is 1. The Labute approximate surface area is 113 Å². The van der Waals surface area contributed by atoms with Gasteiger partial charge in [-0.1, -0.05) is 12.1 Å². The first-order chi connectivity index (χ1) is 9.24. The molecule has 3 nitrogen and oxygen atoms in total. The third-order valence-electron chi connectivity index (χ3n) is 2.86. The Balaban J connectivity index is 1.80. The predicted molar refractivity (Wildman–Crippen MR) is 73.7 cm³/mol. The Morgan fingerprint density at radius 1 is 1.32 bits per heavy atom. The van der Waals surface area contributed by atoms with Crippen molar-refractivity contribution in [1.82, 2.24) is 10.3 Å². The second-order valence-corrected chi connectivity index (χ2v) is 5.18. The van der Waals surface area contributed by atoms with Crippen molar-refractivity contribution in [2.24, 2.45) is 0 Å². The average molecular weight is 274 g/mol. The van der Waals surface area contributed by atoms with E-state index in [4.69, 9.17) is 0 Å². The standard InChI is InChI=1S/C14H11FN2OS/c15-11-4-1-5-12-10(11)7-13(17-12)14(18)16-8-9-3-2-6-19-9/h1-7,17H,8H2,(H,16,18). The summed E-state index contributed by atoms with van der Waals surface area (Å²) in [7, 11) is 0. The summed E-state index contributed by atoms with van der Waals surface area (Å²) in [5.74, 6) is -0.560. The molecule has 0 bridgehead atoms. The van der Waals surface area contributed by atoms with Gasteiger partial charge in [-0.05, 0) is 29.6 Å². The maximum absolute atomic E-state index is 13.5. The van der Waals surface area contributed by atoms with Gasteiger partial charge in [-0.15, -0.1) is 11.3 Å². The van der Waals surface area contributed by atoms with E-state index in [1.165, 1.54) is 12.1 Å². The fraction of sp³-hybridized carbons (Fsp3) is 0.0714. The van der Waals surface area contributed by atoms with E-state index in [9.17, 15) is 9.18 Å². The van der Waals surface area contributed by atoms with Crippen LogP contribution in [0.1, 0.15) is 15.4 Å². The number of thiophene rings is 1. The van der Waals surface area contributed by atoms with Crippen LogP contribution in [0.25, 0.3) is 10.9 Å². The number of rotatable bonds is 3. The zero-order valence-electron chi connectivity index (χ0n) is 9.94. The van der Waals surface area contributed by atoms with Gasteiger partial charge in [0.25, 0.3) is 5.91 Å². The molecule has 3 aromatic rings. The number of amides is 1. The molecule has 0 fully saturated rings. The first-order valence-electron chi connectivity index (χ1n) is 5.82. The van der Waals surface area contributed by atoms with E-state index in [0.29, 0.717) is 23.1 Å². The SMILES string of the molecule is O=C(NCc1cccs1)c1cc2c(F)cccc2[nH]1. The van der Waals surface area contributed by atoms with Crippen molar-refractivity contribution in [3.63, 3.8) is 0 Å². The molecule has 0 spiro atoms. The first-order valence-corrected chi connectivity index (χ1v) is 6.70. The van der Waals surface area contributed by atoms with Crippen LogP contribution in [0.4, 0.5) is 4.39 Å². The molecular formula is C14H11FN2OS. The molecule has 1 aromatic carbocycles. The monoisotopic (exact) mass is 274 g/mol. The summed E-state index contributed by atoms with van der Waals surface area (Å²) in [4.78, 5) is 16.0. The molecule has 0 saturated carbocycles. The van der Waals surface area contributed by atoms with Crippen LogP contribution >= 0.6 is 11.3 Å². The quantitative estimate of drug-likeness (QED) is 0.756. The number of hydrogen-bond acceptors (Lipinski definition) is 2. The van der Waals surface area contributed by atoms with Gasteiger partial charge in [0, 0.05) is 15.8 Å². The van der Waals surface area contributed by atoms with Crippen molar-refractivity contribution in [3.05, 3.63) is 58.2 Å². The lowest BCUT2D eigenvalue weighted by Crippen LogP contribution is -2.22. The summed E-state index contributed by atoms with van der Waals surface area (Å²) < 4.78 is 13.5. The highest BCUT2D eigenvalue weighted by Gasteiger charge is 2.11. The van der Waals surface area contributed by atoms with E-state index >= 15 is 0 Å². The van der Waals surface area contributed by atoms with Gasteiger partial charge in [-0.2, -0.15) is 0 Å². The summed E-state index contributed by atoms with van der Waals surface area (Å²) in [6.07, 6.45) is 0. The third kappa shape index (κ3) is 2.37. The van der Waals surface area contributed by atoms with Crippen molar-refractivity contribution >= 4 is 28.1 Å². The van der Waals surface area contributed by atoms with Crippen molar-refractivity contribution in [1.29, 1.82) is 0 Å². The van der Waals surface area contributed by atoms with E-state index in [1.54, 1.807) is 23.5 Å². The van der Waals surface area contributed by atoms with Crippen molar-refractivity contribution < 1.29 is 9.18 Å². The molecular weight excluding hydrogens is 263 g/mol. The highest BCUT2D eigenvalue weighted by molar-refractivity contribution is 7.09. The molecule has 0 aliphatic rings.